The lowest BCUT2D eigenvalue weighted by Crippen LogP contribution is -2.07. The van der Waals surface area contributed by atoms with Crippen LogP contribution in [0.4, 0.5) is 0 Å². The van der Waals surface area contributed by atoms with E-state index in [9.17, 15) is 4.79 Å². The summed E-state index contributed by atoms with van der Waals surface area (Å²) in [5.41, 5.74) is 1.88. The number of hydrogen-bond acceptors (Lipinski definition) is 2. The van der Waals surface area contributed by atoms with Gasteiger partial charge in [-0.1, -0.05) is 30.7 Å². The third-order valence-corrected chi connectivity index (χ3v) is 3.93. The number of Topliss-reactive ketones (excluding diaryl/α,β-unsaturated/α-hetero) is 1. The van der Waals surface area contributed by atoms with Crippen molar-refractivity contribution in [2.24, 2.45) is 0 Å². The van der Waals surface area contributed by atoms with Gasteiger partial charge in [-0.3, -0.25) is 4.79 Å². The monoisotopic (exact) mass is 302 g/mol. The maximum Gasteiger partial charge on any atom is 0.163 e. The fraction of sp³-hybridized carbons (Fsp3) is 0.278. The molecule has 2 rings (SSSR count). The van der Waals surface area contributed by atoms with Crippen molar-refractivity contribution >= 4 is 17.4 Å². The number of carbonyl (C=O) groups is 1. The molecule has 0 saturated carbocycles. The standard InChI is InChI=1S/C18H19ClO2/c1-3-13(14-6-10-17(21-2)11-7-14)12-18(20)15-4-8-16(19)9-5-15/h4-11,13H,3,12H2,1-2H3/t13-/m1/s1. The second-order valence-electron chi connectivity index (χ2n) is 5.01. The van der Waals surface area contributed by atoms with Gasteiger partial charge >= 0.3 is 0 Å². The van der Waals surface area contributed by atoms with Crippen molar-refractivity contribution in [3.63, 3.8) is 0 Å². The van der Waals surface area contributed by atoms with Gasteiger partial charge in [0.1, 0.15) is 5.75 Å². The lowest BCUT2D eigenvalue weighted by atomic mass is 9.89. The molecule has 2 nitrogen and oxygen atoms in total. The highest BCUT2D eigenvalue weighted by atomic mass is 35.5. The van der Waals surface area contributed by atoms with Crippen LogP contribution in [0.1, 0.15) is 41.6 Å². The number of ether oxygens (including phenoxy) is 1. The zero-order chi connectivity index (χ0) is 15.2. The lowest BCUT2D eigenvalue weighted by molar-refractivity contribution is 0.0973. The Hall–Kier alpha value is -1.80. The molecule has 0 fully saturated rings. The maximum absolute atomic E-state index is 12.4. The number of benzene rings is 2. The minimum Gasteiger partial charge on any atom is -0.497 e. The number of hydrogen-bond donors (Lipinski definition) is 0. The predicted molar refractivity (Wildman–Crippen MR) is 86.4 cm³/mol. The number of carbonyl (C=O) groups excluding carboxylic acids is 1. The van der Waals surface area contributed by atoms with Crippen LogP contribution in [0.2, 0.25) is 5.02 Å². The van der Waals surface area contributed by atoms with E-state index >= 15 is 0 Å². The molecular weight excluding hydrogens is 284 g/mol. The van der Waals surface area contributed by atoms with Crippen LogP contribution in [0.25, 0.3) is 0 Å². The predicted octanol–water partition coefficient (Wildman–Crippen LogP) is 5.12. The molecule has 0 heterocycles. The van der Waals surface area contributed by atoms with E-state index in [1.807, 2.05) is 24.3 Å². The second-order valence-corrected chi connectivity index (χ2v) is 5.45. The Morgan fingerprint density at radius 2 is 1.71 bits per heavy atom. The van der Waals surface area contributed by atoms with Gasteiger partial charge in [-0.05, 0) is 54.3 Å². The first kappa shape index (κ1) is 15.6. The molecule has 0 aliphatic rings. The van der Waals surface area contributed by atoms with E-state index in [1.54, 1.807) is 31.4 Å². The van der Waals surface area contributed by atoms with Gasteiger partial charge in [0.25, 0.3) is 0 Å². The molecule has 110 valence electrons. The molecule has 0 aliphatic heterocycles. The molecule has 0 spiro atoms. The molecular formula is C18H19ClO2. The zero-order valence-electron chi connectivity index (χ0n) is 12.3. The van der Waals surface area contributed by atoms with Gasteiger partial charge in [0.05, 0.1) is 7.11 Å². The van der Waals surface area contributed by atoms with Crippen molar-refractivity contribution in [3.05, 3.63) is 64.7 Å². The van der Waals surface area contributed by atoms with Crippen LogP contribution >= 0.6 is 11.6 Å². The van der Waals surface area contributed by atoms with Crippen molar-refractivity contribution < 1.29 is 9.53 Å². The largest absolute Gasteiger partial charge is 0.497 e. The van der Waals surface area contributed by atoms with Crippen molar-refractivity contribution in [3.8, 4) is 5.75 Å². The number of ketones is 1. The van der Waals surface area contributed by atoms with Gasteiger partial charge in [0.15, 0.2) is 5.78 Å². The zero-order valence-corrected chi connectivity index (χ0v) is 13.1. The smallest absolute Gasteiger partial charge is 0.163 e. The van der Waals surface area contributed by atoms with Crippen LogP contribution in [0, 0.1) is 0 Å². The molecule has 3 heteroatoms. The summed E-state index contributed by atoms with van der Waals surface area (Å²) in [4.78, 5) is 12.4. The minimum absolute atomic E-state index is 0.148. The Balaban J connectivity index is 2.10. The summed E-state index contributed by atoms with van der Waals surface area (Å²) in [6.07, 6.45) is 1.43. The minimum atomic E-state index is 0.148. The fourth-order valence-electron chi connectivity index (χ4n) is 2.35. The van der Waals surface area contributed by atoms with E-state index in [0.717, 1.165) is 12.2 Å². The second kappa shape index (κ2) is 7.28. The average molecular weight is 303 g/mol. The van der Waals surface area contributed by atoms with Crippen LogP contribution < -0.4 is 4.74 Å². The quantitative estimate of drug-likeness (QED) is 0.693. The van der Waals surface area contributed by atoms with E-state index in [4.69, 9.17) is 16.3 Å². The first-order valence-electron chi connectivity index (χ1n) is 7.06. The van der Waals surface area contributed by atoms with Gasteiger partial charge in [-0.25, -0.2) is 0 Å². The van der Waals surface area contributed by atoms with Gasteiger partial charge < -0.3 is 4.74 Å². The molecule has 0 amide bonds. The molecule has 0 bridgehead atoms. The van der Waals surface area contributed by atoms with Crippen molar-refractivity contribution in [1.29, 1.82) is 0 Å². The van der Waals surface area contributed by atoms with Crippen LogP contribution in [0.5, 0.6) is 5.75 Å². The van der Waals surface area contributed by atoms with Crippen molar-refractivity contribution in [1.82, 2.24) is 0 Å². The van der Waals surface area contributed by atoms with Crippen molar-refractivity contribution in [2.45, 2.75) is 25.7 Å². The van der Waals surface area contributed by atoms with Crippen LogP contribution in [0.15, 0.2) is 48.5 Å². The molecule has 0 saturated heterocycles. The van der Waals surface area contributed by atoms with Crippen LogP contribution in [-0.4, -0.2) is 12.9 Å². The summed E-state index contributed by atoms with van der Waals surface area (Å²) < 4.78 is 5.16. The van der Waals surface area contributed by atoms with E-state index < -0.39 is 0 Å². The van der Waals surface area contributed by atoms with Gasteiger partial charge in [-0.2, -0.15) is 0 Å². The van der Waals surface area contributed by atoms with Crippen LogP contribution in [-0.2, 0) is 0 Å². The summed E-state index contributed by atoms with van der Waals surface area (Å²) in [7, 11) is 1.65. The third kappa shape index (κ3) is 4.08. The fourth-order valence-corrected chi connectivity index (χ4v) is 2.48. The topological polar surface area (TPSA) is 26.3 Å². The Morgan fingerprint density at radius 1 is 1.10 bits per heavy atom. The van der Waals surface area contributed by atoms with E-state index in [2.05, 4.69) is 6.92 Å². The van der Waals surface area contributed by atoms with E-state index in [1.165, 1.54) is 5.56 Å². The number of halogens is 1. The molecule has 0 aliphatic carbocycles. The Bertz CT molecular complexity index is 588. The summed E-state index contributed by atoms with van der Waals surface area (Å²) in [5, 5.41) is 0.647. The molecule has 0 unspecified atom stereocenters. The van der Waals surface area contributed by atoms with E-state index in [0.29, 0.717) is 17.0 Å². The van der Waals surface area contributed by atoms with Crippen molar-refractivity contribution in [2.75, 3.05) is 7.11 Å². The summed E-state index contributed by atoms with van der Waals surface area (Å²) >= 11 is 5.85. The number of rotatable bonds is 6. The van der Waals surface area contributed by atoms with Gasteiger partial charge in [0.2, 0.25) is 0 Å². The Labute approximate surface area is 130 Å². The van der Waals surface area contributed by atoms with Crippen LogP contribution in [0.3, 0.4) is 0 Å². The third-order valence-electron chi connectivity index (χ3n) is 3.68. The summed E-state index contributed by atoms with van der Waals surface area (Å²) in [6, 6.07) is 15.0. The highest BCUT2D eigenvalue weighted by Gasteiger charge is 2.15. The molecule has 0 N–H and O–H groups in total. The SMILES string of the molecule is CC[C@H](CC(=O)c1ccc(Cl)cc1)c1ccc(OC)cc1. The molecule has 21 heavy (non-hydrogen) atoms. The normalized spacial score (nSPS) is 12.0. The van der Waals surface area contributed by atoms with Gasteiger partial charge in [-0.15, -0.1) is 0 Å². The van der Waals surface area contributed by atoms with E-state index in [-0.39, 0.29) is 11.7 Å². The first-order chi connectivity index (χ1) is 10.1. The average Bonchev–Trinajstić information content (AvgIpc) is 2.53. The number of methoxy groups -OCH3 is 1. The first-order valence-corrected chi connectivity index (χ1v) is 7.44. The Kier molecular flexibility index (Phi) is 5.40. The highest BCUT2D eigenvalue weighted by molar-refractivity contribution is 6.30. The molecule has 1 atom stereocenters. The molecule has 0 radical (unpaired) electrons. The van der Waals surface area contributed by atoms with Gasteiger partial charge in [0, 0.05) is 17.0 Å². The maximum atomic E-state index is 12.4. The lowest BCUT2D eigenvalue weighted by Gasteiger charge is -2.15. The molecule has 2 aromatic rings. The highest BCUT2D eigenvalue weighted by Crippen LogP contribution is 2.27. The molecule has 2 aromatic carbocycles. The molecule has 0 aromatic heterocycles. The summed E-state index contributed by atoms with van der Waals surface area (Å²) in [5.74, 6) is 1.20. The Morgan fingerprint density at radius 3 is 2.24 bits per heavy atom. The summed E-state index contributed by atoms with van der Waals surface area (Å²) in [6.45, 7) is 2.10.